The molecule has 0 saturated carbocycles. The van der Waals surface area contributed by atoms with Crippen LogP contribution in [0.4, 0.5) is 0 Å². The molecule has 1 aromatic carbocycles. The zero-order valence-electron chi connectivity index (χ0n) is 11.8. The van der Waals surface area contributed by atoms with E-state index in [0.29, 0.717) is 29.5 Å². The van der Waals surface area contributed by atoms with E-state index in [1.165, 1.54) is 0 Å². The Morgan fingerprint density at radius 1 is 1.48 bits per heavy atom. The molecule has 1 N–H and O–H groups in total. The lowest BCUT2D eigenvalue weighted by Gasteiger charge is -2.23. The number of ketones is 1. The van der Waals surface area contributed by atoms with Gasteiger partial charge in [-0.2, -0.15) is 0 Å². The molecule has 0 fully saturated rings. The first kappa shape index (κ1) is 16.5. The third-order valence-corrected chi connectivity index (χ3v) is 6.69. The molecule has 21 heavy (non-hydrogen) atoms. The van der Waals surface area contributed by atoms with Gasteiger partial charge in [-0.25, -0.2) is 4.79 Å². The van der Waals surface area contributed by atoms with Gasteiger partial charge in [-0.3, -0.25) is 4.79 Å². The van der Waals surface area contributed by atoms with Gasteiger partial charge in [0.1, 0.15) is 5.75 Å². The van der Waals surface area contributed by atoms with E-state index in [9.17, 15) is 9.59 Å². The zero-order chi connectivity index (χ0) is 15.8. The lowest BCUT2D eigenvalue weighted by Crippen LogP contribution is -2.33. The second-order valence-electron chi connectivity index (χ2n) is 5.21. The summed E-state index contributed by atoms with van der Waals surface area (Å²) in [5.41, 5.74) is 2.18. The Balaban J connectivity index is 2.39. The summed E-state index contributed by atoms with van der Waals surface area (Å²) in [5.74, 6) is -0.423. The number of carbonyl (C=O) groups excluding carboxylic acids is 1. The number of carboxylic acids is 1. The van der Waals surface area contributed by atoms with Crippen molar-refractivity contribution in [1.29, 1.82) is 0 Å². The average molecular weight is 420 g/mol. The second kappa shape index (κ2) is 6.08. The molecule has 0 aromatic heterocycles. The molecule has 2 unspecified atom stereocenters. The number of aliphatic carboxylic acids is 1. The summed E-state index contributed by atoms with van der Waals surface area (Å²) in [6.45, 7) is 3.78. The van der Waals surface area contributed by atoms with E-state index in [1.54, 1.807) is 12.1 Å². The van der Waals surface area contributed by atoms with Gasteiger partial charge in [-0.05, 0) is 36.6 Å². The minimum Gasteiger partial charge on any atom is -0.478 e. The molecular weight excluding hydrogens is 404 g/mol. The summed E-state index contributed by atoms with van der Waals surface area (Å²) in [5, 5.41) is 9.55. The van der Waals surface area contributed by atoms with Crippen LogP contribution in [-0.4, -0.2) is 32.6 Å². The van der Waals surface area contributed by atoms with E-state index in [2.05, 4.69) is 31.9 Å². The molecule has 0 amide bonds. The highest BCUT2D eigenvalue weighted by molar-refractivity contribution is 9.12. The smallest absolute Gasteiger partial charge is 0.345 e. The molecule has 0 radical (unpaired) electrons. The predicted octanol–water partition coefficient (Wildman–Crippen LogP) is 3.50. The number of benzene rings is 1. The van der Waals surface area contributed by atoms with Crippen LogP contribution in [0.2, 0.25) is 0 Å². The third-order valence-electron chi connectivity index (χ3n) is 3.78. The van der Waals surface area contributed by atoms with Crippen molar-refractivity contribution in [2.24, 2.45) is 0 Å². The van der Waals surface area contributed by atoms with Crippen LogP contribution in [0.5, 0.6) is 5.75 Å². The number of ether oxygens (including phenoxy) is 1. The molecule has 6 heteroatoms. The van der Waals surface area contributed by atoms with Gasteiger partial charge in [0.2, 0.25) is 0 Å². The Bertz CT molecular complexity index is 594. The van der Waals surface area contributed by atoms with Gasteiger partial charge >= 0.3 is 5.97 Å². The van der Waals surface area contributed by atoms with Crippen molar-refractivity contribution in [3.8, 4) is 5.75 Å². The molecule has 1 aliphatic heterocycles. The van der Waals surface area contributed by atoms with Gasteiger partial charge in [0.15, 0.2) is 11.9 Å². The number of halogens is 2. The molecule has 0 saturated heterocycles. The fraction of sp³-hybridized carbons (Fsp3) is 0.467. The number of hydrogen-bond donors (Lipinski definition) is 1. The first-order chi connectivity index (χ1) is 9.82. The fourth-order valence-corrected chi connectivity index (χ4v) is 3.19. The number of alkyl halides is 2. The highest BCUT2D eigenvalue weighted by Gasteiger charge is 2.36. The summed E-state index contributed by atoms with van der Waals surface area (Å²) in [6.07, 6.45) is 0.0869. The van der Waals surface area contributed by atoms with E-state index in [1.807, 2.05) is 13.8 Å². The van der Waals surface area contributed by atoms with Crippen LogP contribution in [0.1, 0.15) is 34.8 Å². The van der Waals surface area contributed by atoms with Crippen LogP contribution >= 0.6 is 31.9 Å². The Morgan fingerprint density at radius 3 is 2.67 bits per heavy atom. The molecule has 1 aromatic rings. The molecule has 2 rings (SSSR count). The summed E-state index contributed by atoms with van der Waals surface area (Å²) >= 11 is 6.89. The fourth-order valence-electron chi connectivity index (χ4n) is 2.33. The average Bonchev–Trinajstić information content (AvgIpc) is 2.87. The molecule has 4 nitrogen and oxygen atoms in total. The van der Waals surface area contributed by atoms with E-state index in [0.717, 1.165) is 11.1 Å². The standard InChI is InChI=1S/C15H16Br2O4/c1-3-15(17,7-16)13(18)10-5-9-6-12(14(19)20)21-11(9)4-8(10)2/h4-5,12H,3,6-7H2,1-2H3,(H,19,20). The maximum absolute atomic E-state index is 12.7. The van der Waals surface area contributed by atoms with E-state index >= 15 is 0 Å². The zero-order valence-corrected chi connectivity index (χ0v) is 15.0. The van der Waals surface area contributed by atoms with E-state index in [4.69, 9.17) is 9.84 Å². The van der Waals surface area contributed by atoms with Gasteiger partial charge in [-0.15, -0.1) is 0 Å². The van der Waals surface area contributed by atoms with Crippen molar-refractivity contribution < 1.29 is 19.4 Å². The van der Waals surface area contributed by atoms with Crippen molar-refractivity contribution in [3.63, 3.8) is 0 Å². The van der Waals surface area contributed by atoms with E-state index in [-0.39, 0.29) is 5.78 Å². The van der Waals surface area contributed by atoms with Gasteiger partial charge in [0.25, 0.3) is 0 Å². The Morgan fingerprint density at radius 2 is 2.14 bits per heavy atom. The number of rotatable bonds is 5. The van der Waals surface area contributed by atoms with Crippen LogP contribution in [0.25, 0.3) is 0 Å². The lowest BCUT2D eigenvalue weighted by atomic mass is 9.91. The van der Waals surface area contributed by atoms with Crippen LogP contribution in [0.3, 0.4) is 0 Å². The minimum absolute atomic E-state index is 0.000880. The summed E-state index contributed by atoms with van der Waals surface area (Å²) in [7, 11) is 0. The number of hydrogen-bond acceptors (Lipinski definition) is 3. The Kier molecular flexibility index (Phi) is 4.78. The number of aryl methyl sites for hydroxylation is 1. The summed E-state index contributed by atoms with van der Waals surface area (Å²) < 4.78 is 4.75. The summed E-state index contributed by atoms with van der Waals surface area (Å²) in [6, 6.07) is 3.52. The minimum atomic E-state index is -0.986. The molecule has 1 heterocycles. The van der Waals surface area contributed by atoms with Gasteiger partial charge < -0.3 is 9.84 Å². The van der Waals surface area contributed by atoms with Crippen LogP contribution in [-0.2, 0) is 11.2 Å². The van der Waals surface area contributed by atoms with Crippen LogP contribution < -0.4 is 4.74 Å². The first-order valence-corrected chi connectivity index (χ1v) is 8.56. The number of fused-ring (bicyclic) bond motifs is 1. The number of carboxylic acid groups (broad SMARTS) is 1. The van der Waals surface area contributed by atoms with Crippen molar-refractivity contribution >= 4 is 43.6 Å². The normalized spacial score (nSPS) is 19.5. The Hall–Kier alpha value is -0.880. The van der Waals surface area contributed by atoms with Gasteiger partial charge in [0, 0.05) is 17.3 Å². The number of carbonyl (C=O) groups is 2. The highest BCUT2D eigenvalue weighted by atomic mass is 79.9. The monoisotopic (exact) mass is 418 g/mol. The molecule has 1 aliphatic rings. The van der Waals surface area contributed by atoms with Gasteiger partial charge in [-0.1, -0.05) is 38.8 Å². The van der Waals surface area contributed by atoms with Gasteiger partial charge in [0.05, 0.1) is 4.32 Å². The largest absolute Gasteiger partial charge is 0.478 e. The third kappa shape index (κ3) is 3.01. The molecule has 114 valence electrons. The molecule has 2 atom stereocenters. The maximum Gasteiger partial charge on any atom is 0.345 e. The van der Waals surface area contributed by atoms with Crippen molar-refractivity contribution in [3.05, 3.63) is 28.8 Å². The lowest BCUT2D eigenvalue weighted by molar-refractivity contribution is -0.144. The Labute approximate surface area is 140 Å². The van der Waals surface area contributed by atoms with Crippen LogP contribution in [0.15, 0.2) is 12.1 Å². The molecule has 0 aliphatic carbocycles. The first-order valence-electron chi connectivity index (χ1n) is 6.65. The number of Topliss-reactive ketones (excluding diaryl/α,β-unsaturated/α-hetero) is 1. The summed E-state index contributed by atoms with van der Waals surface area (Å²) in [4.78, 5) is 23.8. The molecule has 0 bridgehead atoms. The second-order valence-corrected chi connectivity index (χ2v) is 7.28. The molecule has 0 spiro atoms. The van der Waals surface area contributed by atoms with Crippen LogP contribution in [0, 0.1) is 6.92 Å². The molecular formula is C15H16Br2O4. The topological polar surface area (TPSA) is 63.6 Å². The SMILES string of the molecule is CCC(Br)(CBr)C(=O)c1cc2c(cc1C)OC(C(=O)O)C2. The maximum atomic E-state index is 12.7. The quantitative estimate of drug-likeness (QED) is 0.585. The van der Waals surface area contributed by atoms with Crippen molar-refractivity contribution in [2.75, 3.05) is 5.33 Å². The predicted molar refractivity (Wildman–Crippen MR) is 87.0 cm³/mol. The highest BCUT2D eigenvalue weighted by Crippen LogP contribution is 2.36. The van der Waals surface area contributed by atoms with Crippen molar-refractivity contribution in [1.82, 2.24) is 0 Å². The van der Waals surface area contributed by atoms with E-state index < -0.39 is 16.4 Å². The van der Waals surface area contributed by atoms with Crippen molar-refractivity contribution in [2.45, 2.75) is 37.1 Å².